The van der Waals surface area contributed by atoms with Crippen LogP contribution in [0, 0.1) is 11.8 Å². The molecular weight excluding hydrogens is 330 g/mol. The third kappa shape index (κ3) is 3.39. The van der Waals surface area contributed by atoms with Crippen molar-refractivity contribution in [1.82, 2.24) is 20.3 Å². The van der Waals surface area contributed by atoms with Crippen LogP contribution in [0.1, 0.15) is 58.1 Å². The molecule has 5 rings (SSSR count). The molecule has 4 aliphatic rings. The highest BCUT2D eigenvalue weighted by atomic mass is 16.3. The minimum absolute atomic E-state index is 0.155. The maximum Gasteiger partial charge on any atom is 0.229 e. The largest absolute Gasteiger partial charge is 0.383 e. The maximum absolute atomic E-state index is 12.5. The van der Waals surface area contributed by atoms with Crippen molar-refractivity contribution in [3.05, 3.63) is 11.9 Å². The lowest BCUT2D eigenvalue weighted by atomic mass is 9.75. The van der Waals surface area contributed by atoms with Crippen molar-refractivity contribution in [2.75, 3.05) is 13.1 Å². The van der Waals surface area contributed by atoms with Crippen LogP contribution < -0.4 is 10.2 Å². The van der Waals surface area contributed by atoms with E-state index >= 15 is 0 Å². The molecular formula is C19H32N5O2+. The number of carbonyl (C=O) groups is 1. The Labute approximate surface area is 155 Å². The monoisotopic (exact) mass is 362 g/mol. The molecule has 7 heteroatoms. The van der Waals surface area contributed by atoms with Crippen LogP contribution in [0.2, 0.25) is 0 Å². The summed E-state index contributed by atoms with van der Waals surface area (Å²) in [6.45, 7) is 6.95. The number of hydrogen-bond donors (Lipinski definition) is 3. The summed E-state index contributed by atoms with van der Waals surface area (Å²) >= 11 is 0. The molecule has 3 saturated heterocycles. The summed E-state index contributed by atoms with van der Waals surface area (Å²) in [5, 5.41) is 22.3. The van der Waals surface area contributed by atoms with Gasteiger partial charge in [0.1, 0.15) is 17.3 Å². The van der Waals surface area contributed by atoms with Crippen LogP contribution in [-0.4, -0.2) is 51.2 Å². The first-order chi connectivity index (χ1) is 12.4. The van der Waals surface area contributed by atoms with Crippen LogP contribution in [0.25, 0.3) is 0 Å². The van der Waals surface area contributed by atoms with Crippen molar-refractivity contribution < 1.29 is 14.8 Å². The third-order valence-corrected chi connectivity index (χ3v) is 6.67. The number of hydrogen-bond acceptors (Lipinski definition) is 4. The van der Waals surface area contributed by atoms with Gasteiger partial charge in [0.15, 0.2) is 0 Å². The smallest absolute Gasteiger partial charge is 0.229 e. The van der Waals surface area contributed by atoms with Crippen molar-refractivity contribution >= 4 is 5.91 Å². The van der Waals surface area contributed by atoms with Crippen LogP contribution in [0.15, 0.2) is 6.20 Å². The minimum atomic E-state index is -0.767. The zero-order valence-electron chi connectivity index (χ0n) is 15.9. The van der Waals surface area contributed by atoms with Gasteiger partial charge in [-0.15, -0.1) is 5.10 Å². The molecule has 3 N–H and O–H groups in total. The fourth-order valence-electron chi connectivity index (χ4n) is 5.25. The van der Waals surface area contributed by atoms with Crippen molar-refractivity contribution in [3.8, 4) is 0 Å². The molecule has 4 atom stereocenters. The van der Waals surface area contributed by atoms with Crippen molar-refractivity contribution in [2.45, 2.75) is 76.6 Å². The van der Waals surface area contributed by atoms with E-state index in [-0.39, 0.29) is 17.9 Å². The molecule has 2 bridgehead atoms. The number of piperidine rings is 3. The van der Waals surface area contributed by atoms with Gasteiger partial charge in [-0.2, -0.15) is 0 Å². The lowest BCUT2D eigenvalue weighted by Gasteiger charge is -2.46. The Balaban J connectivity index is 1.39. The van der Waals surface area contributed by atoms with Crippen LogP contribution in [0.4, 0.5) is 0 Å². The highest BCUT2D eigenvalue weighted by molar-refractivity contribution is 5.79. The summed E-state index contributed by atoms with van der Waals surface area (Å²) in [6, 6.07) is 0.698. The van der Waals surface area contributed by atoms with Crippen molar-refractivity contribution in [3.63, 3.8) is 0 Å². The van der Waals surface area contributed by atoms with Gasteiger partial charge in [0.05, 0.1) is 31.7 Å². The second-order valence-corrected chi connectivity index (χ2v) is 8.93. The normalized spacial score (nSPS) is 32.9. The fourth-order valence-corrected chi connectivity index (χ4v) is 5.25. The number of aromatic nitrogens is 3. The van der Waals surface area contributed by atoms with E-state index in [4.69, 9.17) is 0 Å². The number of rotatable bonds is 5. The predicted octanol–water partition coefficient (Wildman–Crippen LogP) is -0.142. The quantitative estimate of drug-likeness (QED) is 0.681. The Morgan fingerprint density at radius 2 is 2.23 bits per heavy atom. The number of nitrogens with zero attached hydrogens (tertiary/aromatic N) is 3. The maximum atomic E-state index is 12.5. The molecule has 144 valence electrons. The zero-order chi connectivity index (χ0) is 18.3. The SMILES string of the molecule is CC(C)NC(=O)[C@H]1C[NH+]2CC[C@@H]1C[C@@H]2Cn1cc(C2(O)CCCC2)nn1. The molecule has 0 spiro atoms. The average molecular weight is 362 g/mol. The Hall–Kier alpha value is -1.47. The molecule has 1 aromatic rings. The molecule has 1 unspecified atom stereocenters. The van der Waals surface area contributed by atoms with Crippen LogP contribution in [0.3, 0.4) is 0 Å². The number of carbonyl (C=O) groups excluding carboxylic acids is 1. The minimum Gasteiger partial charge on any atom is -0.383 e. The highest BCUT2D eigenvalue weighted by Gasteiger charge is 2.46. The van der Waals surface area contributed by atoms with Gasteiger partial charge in [0, 0.05) is 18.9 Å². The van der Waals surface area contributed by atoms with E-state index < -0.39 is 5.60 Å². The molecule has 1 saturated carbocycles. The molecule has 0 radical (unpaired) electrons. The molecule has 26 heavy (non-hydrogen) atoms. The standard InChI is InChI=1S/C19H31N5O2/c1-13(2)20-18(25)16-11-23-8-5-14(16)9-15(23)10-24-12-17(21-22-24)19(26)6-3-4-7-19/h12-16,26H,3-11H2,1-2H3,(H,20,25)/p+1/t14-,15-,16+/m1/s1. The van der Waals surface area contributed by atoms with E-state index in [2.05, 4.69) is 15.6 Å². The molecule has 1 amide bonds. The van der Waals surface area contributed by atoms with Gasteiger partial charge in [0.25, 0.3) is 0 Å². The zero-order valence-corrected chi connectivity index (χ0v) is 15.9. The van der Waals surface area contributed by atoms with Gasteiger partial charge in [0.2, 0.25) is 5.91 Å². The first-order valence-electron chi connectivity index (χ1n) is 10.2. The first-order valence-corrected chi connectivity index (χ1v) is 10.2. The lowest BCUT2D eigenvalue weighted by Crippen LogP contribution is -3.20. The summed E-state index contributed by atoms with van der Waals surface area (Å²) < 4.78 is 1.91. The van der Waals surface area contributed by atoms with E-state index in [1.165, 1.54) is 4.90 Å². The second-order valence-electron chi connectivity index (χ2n) is 8.93. The Kier molecular flexibility index (Phi) is 4.77. The number of fused-ring (bicyclic) bond motifs is 3. The topological polar surface area (TPSA) is 84.5 Å². The molecule has 3 aliphatic heterocycles. The molecule has 4 fully saturated rings. The van der Waals surface area contributed by atoms with Crippen LogP contribution >= 0.6 is 0 Å². The predicted molar refractivity (Wildman–Crippen MR) is 96.4 cm³/mol. The first kappa shape index (κ1) is 17.9. The number of aliphatic hydroxyl groups is 1. The molecule has 1 aromatic heterocycles. The number of amides is 1. The lowest BCUT2D eigenvalue weighted by molar-refractivity contribution is -0.945. The summed E-state index contributed by atoms with van der Waals surface area (Å²) in [6.07, 6.45) is 7.87. The summed E-state index contributed by atoms with van der Waals surface area (Å²) in [5.74, 6) is 0.869. The van der Waals surface area contributed by atoms with Gasteiger partial charge in [-0.1, -0.05) is 18.1 Å². The van der Waals surface area contributed by atoms with E-state index in [9.17, 15) is 9.90 Å². The van der Waals surface area contributed by atoms with Gasteiger partial charge < -0.3 is 15.3 Å². The average Bonchev–Trinajstić information content (AvgIpc) is 3.25. The Bertz CT molecular complexity index is 652. The van der Waals surface area contributed by atoms with Crippen molar-refractivity contribution in [1.29, 1.82) is 0 Å². The van der Waals surface area contributed by atoms with Gasteiger partial charge in [-0.25, -0.2) is 4.68 Å². The molecule has 4 heterocycles. The molecule has 1 aliphatic carbocycles. The molecule has 7 nitrogen and oxygen atoms in total. The molecule has 0 aromatic carbocycles. The Morgan fingerprint density at radius 1 is 1.46 bits per heavy atom. The third-order valence-electron chi connectivity index (χ3n) is 6.67. The van der Waals surface area contributed by atoms with Gasteiger partial charge in [-0.3, -0.25) is 4.79 Å². The Morgan fingerprint density at radius 3 is 2.88 bits per heavy atom. The fraction of sp³-hybridized carbons (Fsp3) is 0.842. The van der Waals surface area contributed by atoms with E-state index in [1.54, 1.807) is 0 Å². The summed E-state index contributed by atoms with van der Waals surface area (Å²) in [4.78, 5) is 14.0. The van der Waals surface area contributed by atoms with Crippen molar-refractivity contribution in [2.24, 2.45) is 11.8 Å². The van der Waals surface area contributed by atoms with E-state index in [0.29, 0.717) is 12.0 Å². The summed E-state index contributed by atoms with van der Waals surface area (Å²) in [5.41, 5.74) is -0.0352. The number of quaternary nitrogens is 1. The summed E-state index contributed by atoms with van der Waals surface area (Å²) in [7, 11) is 0. The van der Waals surface area contributed by atoms with Crippen LogP contribution in [-0.2, 0) is 16.9 Å². The van der Waals surface area contributed by atoms with Gasteiger partial charge in [-0.05, 0) is 32.6 Å². The number of nitrogens with one attached hydrogen (secondary N) is 2. The van der Waals surface area contributed by atoms with Crippen LogP contribution in [0.5, 0.6) is 0 Å². The second kappa shape index (κ2) is 6.93. The van der Waals surface area contributed by atoms with E-state index in [0.717, 1.165) is 63.9 Å². The highest BCUT2D eigenvalue weighted by Crippen LogP contribution is 2.37. The van der Waals surface area contributed by atoms with Gasteiger partial charge >= 0.3 is 0 Å². The van der Waals surface area contributed by atoms with E-state index in [1.807, 2.05) is 24.7 Å².